The molecular formula is C31H38N6O5S2. The first kappa shape index (κ1) is 33.0. The number of unbranched alkanes of at least 4 members (excludes halogenated alkanes) is 1. The van der Waals surface area contributed by atoms with Gasteiger partial charge in [-0.1, -0.05) is 36.4 Å². The molecule has 1 fully saturated rings. The van der Waals surface area contributed by atoms with E-state index in [2.05, 4.69) is 25.9 Å². The van der Waals surface area contributed by atoms with Crippen LogP contribution in [0.15, 0.2) is 88.9 Å². The van der Waals surface area contributed by atoms with Crippen LogP contribution in [-0.2, 0) is 26.0 Å². The predicted octanol–water partition coefficient (Wildman–Crippen LogP) is 4.07. The zero-order valence-corrected chi connectivity index (χ0v) is 26.4. The van der Waals surface area contributed by atoms with Gasteiger partial charge in [0.1, 0.15) is 23.7 Å². The van der Waals surface area contributed by atoms with Gasteiger partial charge in [-0.25, -0.2) is 18.2 Å². The summed E-state index contributed by atoms with van der Waals surface area (Å²) >= 11 is 1.33. The molecule has 11 nitrogen and oxygen atoms in total. The molecular weight excluding hydrogens is 601 g/mol. The number of anilines is 2. The molecule has 3 unspecified atom stereocenters. The van der Waals surface area contributed by atoms with Gasteiger partial charge in [-0.2, -0.15) is 4.31 Å². The Morgan fingerprint density at radius 3 is 2.45 bits per heavy atom. The molecule has 3 atom stereocenters. The number of carbonyl (C=O) groups is 2. The van der Waals surface area contributed by atoms with Crippen LogP contribution in [0.3, 0.4) is 0 Å². The van der Waals surface area contributed by atoms with Gasteiger partial charge in [0.05, 0.1) is 10.3 Å². The topological polar surface area (TPSA) is 153 Å². The van der Waals surface area contributed by atoms with E-state index in [1.165, 1.54) is 28.2 Å². The molecule has 1 amide bonds. The molecule has 1 aliphatic heterocycles. The number of hydrogen-bond acceptors (Lipinski definition) is 8. The summed E-state index contributed by atoms with van der Waals surface area (Å²) in [7, 11) is -2.22. The smallest absolute Gasteiger partial charge is 0.326 e. The number of nitrogens with zero attached hydrogens (tertiary/aromatic N) is 3. The zero-order chi connectivity index (χ0) is 31.5. The number of hydrogen-bond donors (Lipinski definition) is 4. The minimum absolute atomic E-state index is 0.0419. The number of carboxylic acids is 1. The van der Waals surface area contributed by atoms with Crippen molar-refractivity contribution in [3.05, 3.63) is 84.6 Å². The van der Waals surface area contributed by atoms with Crippen molar-refractivity contribution in [1.29, 1.82) is 0 Å². The molecule has 0 spiro atoms. The van der Waals surface area contributed by atoms with E-state index in [0.29, 0.717) is 5.56 Å². The highest BCUT2D eigenvalue weighted by Crippen LogP contribution is 2.34. The number of pyridine rings is 1. The highest BCUT2D eigenvalue weighted by atomic mass is 32.2. The Bertz CT molecular complexity index is 1520. The Hall–Kier alpha value is -3.94. The summed E-state index contributed by atoms with van der Waals surface area (Å²) in [5.74, 6) is 0.0870. The summed E-state index contributed by atoms with van der Waals surface area (Å²) in [6, 6.07) is 18.7. The van der Waals surface area contributed by atoms with Crippen molar-refractivity contribution in [2.45, 2.75) is 55.0 Å². The SMILES string of the molecule is CN=C(CCCCNc1ccccn1)Nc1ccc(CC(NC(=O)C2CSC(C)N2S(=O)(=O)c2ccccc2)C(=O)O)cc1. The number of nitrogens with one attached hydrogen (secondary N) is 3. The number of benzene rings is 2. The first-order valence-electron chi connectivity index (χ1n) is 14.4. The van der Waals surface area contributed by atoms with Gasteiger partial charge in [-0.05, 0) is 61.7 Å². The minimum Gasteiger partial charge on any atom is -0.480 e. The summed E-state index contributed by atoms with van der Waals surface area (Å²) < 4.78 is 27.8. The Morgan fingerprint density at radius 1 is 1.07 bits per heavy atom. The normalized spacial score (nSPS) is 18.0. The lowest BCUT2D eigenvalue weighted by Crippen LogP contribution is -2.53. The number of sulfonamides is 1. The van der Waals surface area contributed by atoms with Gasteiger partial charge in [0.2, 0.25) is 15.9 Å². The summed E-state index contributed by atoms with van der Waals surface area (Å²) in [6.45, 7) is 2.53. The third-order valence-electron chi connectivity index (χ3n) is 7.16. The second kappa shape index (κ2) is 15.7. The standard InChI is InChI=1S/C31H38N6O5S2/c1-22-37(44(41,42)25-10-4-3-5-11-25)27(21-43-22)30(38)36-26(31(39)40)20-23-14-16-24(17-15-23)35-28(32-2)12-6-8-18-33-29-13-7-9-19-34-29/h3-5,7,9-11,13-17,19,22,26-27H,6,8,12,18,20-21H2,1-2H3,(H,32,35)(H,33,34)(H,36,38)(H,39,40). The molecule has 1 aliphatic rings. The number of rotatable bonds is 14. The molecule has 234 valence electrons. The first-order chi connectivity index (χ1) is 21.2. The fourth-order valence-corrected chi connectivity index (χ4v) is 8.15. The number of carbonyl (C=O) groups excluding carboxylic acids is 1. The molecule has 0 radical (unpaired) electrons. The van der Waals surface area contributed by atoms with E-state index in [4.69, 9.17) is 0 Å². The molecule has 0 aliphatic carbocycles. The second-order valence-electron chi connectivity index (χ2n) is 10.3. The van der Waals surface area contributed by atoms with Gasteiger partial charge in [-0.3, -0.25) is 9.79 Å². The van der Waals surface area contributed by atoms with Crippen molar-refractivity contribution in [2.24, 2.45) is 4.99 Å². The van der Waals surface area contributed by atoms with E-state index in [1.54, 1.807) is 50.5 Å². The molecule has 4 rings (SSSR count). The van der Waals surface area contributed by atoms with Gasteiger partial charge in [0, 0.05) is 44.1 Å². The first-order valence-corrected chi connectivity index (χ1v) is 16.9. The predicted molar refractivity (Wildman–Crippen MR) is 174 cm³/mol. The Kier molecular flexibility index (Phi) is 11.8. The van der Waals surface area contributed by atoms with Crippen molar-refractivity contribution in [2.75, 3.05) is 30.0 Å². The van der Waals surface area contributed by atoms with Crippen LogP contribution >= 0.6 is 11.8 Å². The number of amidine groups is 1. The van der Waals surface area contributed by atoms with Crippen molar-refractivity contribution in [3.8, 4) is 0 Å². The molecule has 13 heteroatoms. The van der Waals surface area contributed by atoms with Crippen LogP contribution in [0.1, 0.15) is 31.7 Å². The quantitative estimate of drug-likeness (QED) is 0.116. The average Bonchev–Trinajstić information content (AvgIpc) is 3.44. The van der Waals surface area contributed by atoms with E-state index < -0.39 is 39.4 Å². The maximum absolute atomic E-state index is 13.3. The average molecular weight is 639 g/mol. The molecule has 4 N–H and O–H groups in total. The van der Waals surface area contributed by atoms with Gasteiger partial charge in [-0.15, -0.1) is 11.8 Å². The lowest BCUT2D eigenvalue weighted by atomic mass is 10.0. The fraction of sp³-hybridized carbons (Fsp3) is 0.355. The third kappa shape index (κ3) is 8.80. The molecule has 44 heavy (non-hydrogen) atoms. The van der Waals surface area contributed by atoms with E-state index >= 15 is 0 Å². The number of carboxylic acid groups (broad SMARTS) is 1. The number of aliphatic imine (C=N–C) groups is 1. The van der Waals surface area contributed by atoms with Gasteiger partial charge in [0.25, 0.3) is 0 Å². The molecule has 1 saturated heterocycles. The van der Waals surface area contributed by atoms with Crippen LogP contribution in [0.4, 0.5) is 11.5 Å². The molecule has 3 aromatic rings. The maximum Gasteiger partial charge on any atom is 0.326 e. The number of aromatic nitrogens is 1. The number of thioether (sulfide) groups is 1. The molecule has 2 aromatic carbocycles. The molecule has 1 aromatic heterocycles. The highest BCUT2D eigenvalue weighted by molar-refractivity contribution is 8.01. The van der Waals surface area contributed by atoms with Crippen LogP contribution in [0.25, 0.3) is 0 Å². The van der Waals surface area contributed by atoms with E-state index in [1.807, 2.05) is 30.3 Å². The van der Waals surface area contributed by atoms with Gasteiger partial charge < -0.3 is 21.1 Å². The van der Waals surface area contributed by atoms with Crippen molar-refractivity contribution >= 4 is 51.0 Å². The van der Waals surface area contributed by atoms with Gasteiger partial charge in [0.15, 0.2) is 0 Å². The monoisotopic (exact) mass is 638 g/mol. The third-order valence-corrected chi connectivity index (χ3v) is 10.5. The zero-order valence-electron chi connectivity index (χ0n) is 24.7. The molecule has 2 heterocycles. The molecule has 0 saturated carbocycles. The van der Waals surface area contributed by atoms with Crippen LogP contribution in [0.2, 0.25) is 0 Å². The van der Waals surface area contributed by atoms with E-state index in [9.17, 15) is 23.1 Å². The van der Waals surface area contributed by atoms with E-state index in [-0.39, 0.29) is 17.1 Å². The Labute approximate surface area is 262 Å². The number of aliphatic carboxylic acids is 1. The fourth-order valence-electron chi connectivity index (χ4n) is 4.83. The largest absolute Gasteiger partial charge is 0.480 e. The van der Waals surface area contributed by atoms with Crippen molar-refractivity contribution < 1.29 is 23.1 Å². The van der Waals surface area contributed by atoms with Crippen LogP contribution in [0, 0.1) is 0 Å². The Morgan fingerprint density at radius 2 is 1.80 bits per heavy atom. The highest BCUT2D eigenvalue weighted by Gasteiger charge is 2.45. The summed E-state index contributed by atoms with van der Waals surface area (Å²) in [4.78, 5) is 34.1. The van der Waals surface area contributed by atoms with Crippen molar-refractivity contribution in [3.63, 3.8) is 0 Å². The maximum atomic E-state index is 13.3. The van der Waals surface area contributed by atoms with Gasteiger partial charge >= 0.3 is 5.97 Å². The number of amides is 1. The van der Waals surface area contributed by atoms with Crippen molar-refractivity contribution in [1.82, 2.24) is 14.6 Å². The van der Waals surface area contributed by atoms with Crippen LogP contribution in [-0.4, -0.2) is 77.3 Å². The minimum atomic E-state index is -3.95. The summed E-state index contributed by atoms with van der Waals surface area (Å²) in [5, 5.41) is 18.6. The lowest BCUT2D eigenvalue weighted by molar-refractivity contribution is -0.142. The summed E-state index contributed by atoms with van der Waals surface area (Å²) in [6.07, 6.45) is 4.44. The molecule has 0 bridgehead atoms. The second-order valence-corrected chi connectivity index (χ2v) is 13.5. The van der Waals surface area contributed by atoms with Crippen LogP contribution < -0.4 is 16.0 Å². The van der Waals surface area contributed by atoms with E-state index in [0.717, 1.165) is 43.1 Å². The lowest BCUT2D eigenvalue weighted by Gasteiger charge is -2.27. The Balaban J connectivity index is 1.30. The summed E-state index contributed by atoms with van der Waals surface area (Å²) in [5.41, 5.74) is 1.53. The van der Waals surface area contributed by atoms with Crippen LogP contribution in [0.5, 0.6) is 0 Å².